The molecule has 0 aliphatic heterocycles. The zero-order chi connectivity index (χ0) is 5.59. The molecule has 4 aliphatic carbocycles. The zero-order valence-electron chi connectivity index (χ0n) is 5.59. The fraction of sp³-hybridized carbons (Fsp3) is 1.00. The summed E-state index contributed by atoms with van der Waals surface area (Å²) in [6, 6.07) is 0. The molecule has 4 rings (SSSR count). The summed E-state index contributed by atoms with van der Waals surface area (Å²) < 4.78 is 0. The molecule has 0 nitrogen and oxygen atoms in total. The Kier molecular flexibility index (Phi) is 0.395. The summed E-state index contributed by atoms with van der Waals surface area (Å²) in [5, 5.41) is 0. The molecule has 0 saturated heterocycles. The van der Waals surface area contributed by atoms with Gasteiger partial charge in [0.15, 0.2) is 0 Å². The fourth-order valence-electron chi connectivity index (χ4n) is 3.98. The second kappa shape index (κ2) is 0.889. The molecule has 4 aliphatic rings. The average molecular weight is 120 g/mol. The van der Waals surface area contributed by atoms with E-state index in [1.165, 1.54) is 35.5 Å². The Balaban J connectivity index is 1.83. The maximum Gasteiger partial charge on any atom is -0.0318 e. The third kappa shape index (κ3) is 0.281. The molecule has 0 aromatic rings. The predicted molar refractivity (Wildman–Crippen MR) is 34.8 cm³/mol. The summed E-state index contributed by atoms with van der Waals surface area (Å²) in [6.07, 6.45) is 4.92. The Labute approximate surface area is 55.6 Å². The van der Waals surface area contributed by atoms with Crippen molar-refractivity contribution in [3.05, 3.63) is 0 Å². The van der Waals surface area contributed by atoms with Crippen molar-refractivity contribution in [1.29, 1.82) is 0 Å². The molecular formula is C9H12. The molecule has 0 heterocycles. The normalized spacial score (nSPS) is 80.0. The molecule has 6 unspecified atom stereocenters. The molecule has 9 heavy (non-hydrogen) atoms. The number of hydrogen-bond donors (Lipinski definition) is 0. The molecule has 0 aromatic heterocycles. The Morgan fingerprint density at radius 3 is 2.56 bits per heavy atom. The van der Waals surface area contributed by atoms with E-state index >= 15 is 0 Å². The summed E-state index contributed by atoms with van der Waals surface area (Å²) in [5.41, 5.74) is 0. The lowest BCUT2D eigenvalue weighted by molar-refractivity contribution is 0.244. The highest BCUT2D eigenvalue weighted by Crippen LogP contribution is 2.79. The van der Waals surface area contributed by atoms with Crippen LogP contribution in [0.3, 0.4) is 0 Å². The summed E-state index contributed by atoms with van der Waals surface area (Å²) in [4.78, 5) is 0. The van der Waals surface area contributed by atoms with Gasteiger partial charge < -0.3 is 0 Å². The van der Waals surface area contributed by atoms with E-state index in [9.17, 15) is 0 Å². The minimum absolute atomic E-state index is 1.24. The van der Waals surface area contributed by atoms with Crippen LogP contribution < -0.4 is 0 Å². The van der Waals surface area contributed by atoms with Gasteiger partial charge in [0.25, 0.3) is 0 Å². The Morgan fingerprint density at radius 1 is 0.667 bits per heavy atom. The van der Waals surface area contributed by atoms with Crippen LogP contribution in [0.5, 0.6) is 0 Å². The lowest BCUT2D eigenvalue weighted by atomic mass is 9.80. The van der Waals surface area contributed by atoms with E-state index in [0.717, 1.165) is 0 Å². The van der Waals surface area contributed by atoms with Crippen molar-refractivity contribution in [2.75, 3.05) is 0 Å². The van der Waals surface area contributed by atoms with Gasteiger partial charge in [-0.3, -0.25) is 0 Å². The van der Waals surface area contributed by atoms with Crippen molar-refractivity contribution in [2.24, 2.45) is 35.5 Å². The molecule has 0 aromatic carbocycles. The van der Waals surface area contributed by atoms with Crippen molar-refractivity contribution in [3.63, 3.8) is 0 Å². The highest BCUT2D eigenvalue weighted by molar-refractivity contribution is 5.20. The summed E-state index contributed by atoms with van der Waals surface area (Å²) in [7, 11) is 0. The van der Waals surface area contributed by atoms with Crippen LogP contribution in [0.4, 0.5) is 0 Å². The van der Waals surface area contributed by atoms with E-state index in [1.807, 2.05) is 0 Å². The van der Waals surface area contributed by atoms with Crippen LogP contribution in [0.15, 0.2) is 0 Å². The minimum atomic E-state index is 1.24. The highest BCUT2D eigenvalue weighted by atomic mass is 14.8. The number of rotatable bonds is 0. The van der Waals surface area contributed by atoms with Gasteiger partial charge in [0, 0.05) is 0 Å². The third-order valence-corrected chi connectivity index (χ3v) is 4.49. The van der Waals surface area contributed by atoms with Crippen LogP contribution in [-0.2, 0) is 0 Å². The maximum absolute atomic E-state index is 1.64. The van der Waals surface area contributed by atoms with Gasteiger partial charge in [-0.2, -0.15) is 0 Å². The van der Waals surface area contributed by atoms with Crippen LogP contribution in [0.1, 0.15) is 19.3 Å². The second-order valence-electron chi connectivity index (χ2n) is 4.71. The maximum atomic E-state index is 1.64. The predicted octanol–water partition coefficient (Wildman–Crippen LogP) is 1.91. The molecule has 0 amide bonds. The molecule has 0 heteroatoms. The van der Waals surface area contributed by atoms with Crippen LogP contribution in [-0.4, -0.2) is 0 Å². The van der Waals surface area contributed by atoms with Crippen LogP contribution in [0, 0.1) is 35.5 Å². The summed E-state index contributed by atoms with van der Waals surface area (Å²) >= 11 is 0. The standard InChI is InChI=1S/C9H12/c1-4-2-6(4)9-7-3-5(1)8(7)9/h4-9H,1-3H2. The second-order valence-corrected chi connectivity index (χ2v) is 4.71. The lowest BCUT2D eigenvalue weighted by Gasteiger charge is -2.25. The van der Waals surface area contributed by atoms with Gasteiger partial charge in [-0.1, -0.05) is 0 Å². The number of fused-ring (bicyclic) bond motifs is 3. The molecule has 0 N–H and O–H groups in total. The van der Waals surface area contributed by atoms with Crippen LogP contribution in [0.2, 0.25) is 0 Å². The highest BCUT2D eigenvalue weighted by Gasteiger charge is 2.72. The van der Waals surface area contributed by atoms with Crippen LogP contribution in [0.25, 0.3) is 0 Å². The summed E-state index contributed by atoms with van der Waals surface area (Å²) in [6.45, 7) is 0. The molecular weight excluding hydrogens is 108 g/mol. The van der Waals surface area contributed by atoms with Gasteiger partial charge in [-0.05, 0) is 54.8 Å². The van der Waals surface area contributed by atoms with Gasteiger partial charge in [0.2, 0.25) is 0 Å². The van der Waals surface area contributed by atoms with Crippen molar-refractivity contribution < 1.29 is 0 Å². The van der Waals surface area contributed by atoms with Crippen molar-refractivity contribution in [3.8, 4) is 0 Å². The topological polar surface area (TPSA) is 0 Å². The molecule has 48 valence electrons. The van der Waals surface area contributed by atoms with Crippen molar-refractivity contribution in [1.82, 2.24) is 0 Å². The first-order valence-electron chi connectivity index (χ1n) is 4.45. The first kappa shape index (κ1) is 4.00. The molecule has 6 atom stereocenters. The van der Waals surface area contributed by atoms with Gasteiger partial charge in [0.05, 0.1) is 0 Å². The average Bonchev–Trinajstić information content (AvgIpc) is 2.46. The fourth-order valence-corrected chi connectivity index (χ4v) is 3.98. The van der Waals surface area contributed by atoms with E-state index in [-0.39, 0.29) is 0 Å². The minimum Gasteiger partial charge on any atom is -0.0470 e. The third-order valence-electron chi connectivity index (χ3n) is 4.49. The first-order valence-corrected chi connectivity index (χ1v) is 4.45. The quantitative estimate of drug-likeness (QED) is 0.458. The largest absolute Gasteiger partial charge is 0.0470 e. The van der Waals surface area contributed by atoms with Gasteiger partial charge in [-0.15, -0.1) is 0 Å². The van der Waals surface area contributed by atoms with E-state index in [2.05, 4.69) is 0 Å². The molecule has 0 radical (unpaired) electrons. The SMILES string of the molecule is C1C2CC2C2C3CC1C32. The van der Waals surface area contributed by atoms with E-state index in [0.29, 0.717) is 0 Å². The Hall–Kier alpha value is 0. The van der Waals surface area contributed by atoms with Gasteiger partial charge >= 0.3 is 0 Å². The molecule has 4 fully saturated rings. The molecule has 0 spiro atoms. The summed E-state index contributed by atoms with van der Waals surface area (Å²) in [5.74, 6) is 7.58. The Bertz CT molecular complexity index is 180. The van der Waals surface area contributed by atoms with Crippen LogP contribution >= 0.6 is 0 Å². The molecule has 4 saturated carbocycles. The van der Waals surface area contributed by atoms with E-state index < -0.39 is 0 Å². The monoisotopic (exact) mass is 120 g/mol. The smallest absolute Gasteiger partial charge is 0.0318 e. The number of hydrogen-bond acceptors (Lipinski definition) is 0. The zero-order valence-corrected chi connectivity index (χ0v) is 5.59. The van der Waals surface area contributed by atoms with Crippen molar-refractivity contribution in [2.45, 2.75) is 19.3 Å². The first-order chi connectivity index (χ1) is 4.45. The molecule has 0 bridgehead atoms. The Morgan fingerprint density at radius 2 is 1.56 bits per heavy atom. The van der Waals surface area contributed by atoms with Gasteiger partial charge in [-0.25, -0.2) is 0 Å². The van der Waals surface area contributed by atoms with E-state index in [1.54, 1.807) is 19.3 Å². The lowest BCUT2D eigenvalue weighted by Crippen LogP contribution is -2.17. The van der Waals surface area contributed by atoms with E-state index in [4.69, 9.17) is 0 Å². The van der Waals surface area contributed by atoms with Gasteiger partial charge in [0.1, 0.15) is 0 Å². The van der Waals surface area contributed by atoms with Crippen molar-refractivity contribution >= 4 is 0 Å².